The topological polar surface area (TPSA) is 95.1 Å². The van der Waals surface area contributed by atoms with Crippen LogP contribution >= 0.6 is 26.6 Å². The Morgan fingerprint density at radius 3 is 2.62 bits per heavy atom. The minimum absolute atomic E-state index is 0.104. The van der Waals surface area contributed by atoms with Gasteiger partial charge in [-0.2, -0.15) is 4.68 Å². The first-order valence-electron chi connectivity index (χ1n) is 3.71. The molecule has 0 amide bonds. The van der Waals surface area contributed by atoms with E-state index in [9.17, 15) is 18.5 Å². The van der Waals surface area contributed by atoms with E-state index in [4.69, 9.17) is 10.7 Å². The predicted octanol–water partition coefficient (Wildman–Crippen LogP) is 1.63. The number of nitrogens with zero attached hydrogens (tertiary/aromatic N) is 3. The quantitative estimate of drug-likeness (QED) is 0.475. The fraction of sp³-hybridized carbons (Fsp3) is 0.167. The molecule has 1 aromatic heterocycles. The largest absolute Gasteiger partial charge is 0.410 e. The molecule has 0 N–H and O–H groups in total. The van der Waals surface area contributed by atoms with Gasteiger partial charge >= 0.3 is 5.82 Å². The average Bonchev–Trinajstić information content (AvgIpc) is 2.45. The van der Waals surface area contributed by atoms with Gasteiger partial charge in [-0.3, -0.25) is 0 Å². The fourth-order valence-corrected chi connectivity index (χ4v) is 2.11. The average molecular weight is 331 g/mol. The molecule has 0 fully saturated rings. The maximum absolute atomic E-state index is 11.0. The summed E-state index contributed by atoms with van der Waals surface area (Å²) in [5, 5.41) is 14.0. The van der Waals surface area contributed by atoms with Crippen LogP contribution in [0.5, 0.6) is 0 Å². The summed E-state index contributed by atoms with van der Waals surface area (Å²) in [6.07, 6.45) is 0.979. The van der Waals surface area contributed by atoms with Crippen LogP contribution in [0.15, 0.2) is 22.2 Å². The second-order valence-electron chi connectivity index (χ2n) is 2.73. The molecule has 0 aliphatic rings. The van der Waals surface area contributed by atoms with Crippen molar-refractivity contribution in [3.8, 4) is 0 Å². The van der Waals surface area contributed by atoms with E-state index in [0.29, 0.717) is 4.48 Å². The van der Waals surface area contributed by atoms with Crippen molar-refractivity contribution in [2.24, 2.45) is 0 Å². The van der Waals surface area contributed by atoms with Gasteiger partial charge in [0.15, 0.2) is 0 Å². The SMILES string of the molecule is C=C(Br)Cn1cc(S(=O)(=O)Cl)c([N+](=O)[O-])n1. The van der Waals surface area contributed by atoms with E-state index in [2.05, 4.69) is 27.6 Å². The van der Waals surface area contributed by atoms with Crippen LogP contribution in [0.1, 0.15) is 0 Å². The van der Waals surface area contributed by atoms with Gasteiger partial charge in [-0.15, -0.1) is 0 Å². The van der Waals surface area contributed by atoms with Gasteiger partial charge in [0.25, 0.3) is 9.05 Å². The lowest BCUT2D eigenvalue weighted by Gasteiger charge is -1.90. The highest BCUT2D eigenvalue weighted by atomic mass is 79.9. The molecule has 1 aromatic rings. The summed E-state index contributed by atoms with van der Waals surface area (Å²) in [7, 11) is 0.847. The van der Waals surface area contributed by atoms with Crippen molar-refractivity contribution in [3.63, 3.8) is 0 Å². The van der Waals surface area contributed by atoms with Crippen molar-refractivity contribution in [3.05, 3.63) is 27.4 Å². The molecule has 10 heteroatoms. The summed E-state index contributed by atoms with van der Waals surface area (Å²) < 4.78 is 23.6. The van der Waals surface area contributed by atoms with E-state index in [1.54, 1.807) is 0 Å². The Morgan fingerprint density at radius 1 is 1.75 bits per heavy atom. The summed E-state index contributed by atoms with van der Waals surface area (Å²) >= 11 is 3.02. The van der Waals surface area contributed by atoms with Crippen LogP contribution in [0.3, 0.4) is 0 Å². The predicted molar refractivity (Wildman–Crippen MR) is 60.0 cm³/mol. The first-order chi connectivity index (χ1) is 7.21. The summed E-state index contributed by atoms with van der Waals surface area (Å²) in [6.45, 7) is 3.60. The van der Waals surface area contributed by atoms with Gasteiger partial charge in [0, 0.05) is 15.2 Å². The van der Waals surface area contributed by atoms with Gasteiger partial charge in [-0.25, -0.2) is 8.42 Å². The van der Waals surface area contributed by atoms with Crippen LogP contribution < -0.4 is 0 Å². The maximum atomic E-state index is 11.0. The Kier molecular flexibility index (Phi) is 3.71. The normalized spacial score (nSPS) is 11.4. The zero-order valence-corrected chi connectivity index (χ0v) is 10.8. The highest BCUT2D eigenvalue weighted by Crippen LogP contribution is 2.25. The summed E-state index contributed by atoms with van der Waals surface area (Å²) in [6, 6.07) is 0. The van der Waals surface area contributed by atoms with Gasteiger partial charge in [0.05, 0.1) is 17.8 Å². The van der Waals surface area contributed by atoms with E-state index in [1.165, 1.54) is 0 Å². The van der Waals surface area contributed by atoms with Crippen LogP contribution in [0, 0.1) is 10.1 Å². The third kappa shape index (κ3) is 3.03. The van der Waals surface area contributed by atoms with Gasteiger partial charge < -0.3 is 10.1 Å². The molecular formula is C6H5BrClN3O4S. The Bertz CT molecular complexity index is 552. The van der Waals surface area contributed by atoms with E-state index in [0.717, 1.165) is 10.9 Å². The highest BCUT2D eigenvalue weighted by Gasteiger charge is 2.29. The maximum Gasteiger partial charge on any atom is 0.410 e. The van der Waals surface area contributed by atoms with Crippen LogP contribution in [0.4, 0.5) is 5.82 Å². The van der Waals surface area contributed by atoms with Crippen molar-refractivity contribution in [2.75, 3.05) is 0 Å². The molecule has 0 aliphatic heterocycles. The Balaban J connectivity index is 3.32. The number of rotatable bonds is 4. The van der Waals surface area contributed by atoms with Crippen molar-refractivity contribution in [1.29, 1.82) is 0 Å². The summed E-state index contributed by atoms with van der Waals surface area (Å²) in [5.41, 5.74) is 0. The molecule has 0 aliphatic carbocycles. The molecule has 1 heterocycles. The number of halogens is 2. The molecule has 0 bridgehead atoms. The van der Waals surface area contributed by atoms with Gasteiger partial charge in [0.1, 0.15) is 0 Å². The molecule has 0 spiro atoms. The smallest absolute Gasteiger partial charge is 0.358 e. The van der Waals surface area contributed by atoms with Gasteiger partial charge in [0.2, 0.25) is 4.90 Å². The molecule has 7 nitrogen and oxygen atoms in total. The second kappa shape index (κ2) is 4.52. The lowest BCUT2D eigenvalue weighted by atomic mass is 10.6. The molecule has 1 rings (SSSR count). The van der Waals surface area contributed by atoms with Crippen LogP contribution in [-0.4, -0.2) is 23.1 Å². The Labute approximate surface area is 103 Å². The monoisotopic (exact) mass is 329 g/mol. The Hall–Kier alpha value is -0.930. The minimum Gasteiger partial charge on any atom is -0.358 e. The second-order valence-corrected chi connectivity index (χ2v) is 6.38. The number of nitro groups is 1. The zero-order chi connectivity index (χ0) is 12.5. The molecule has 0 saturated heterocycles. The van der Waals surface area contributed by atoms with Crippen molar-refractivity contribution in [1.82, 2.24) is 9.78 Å². The Morgan fingerprint density at radius 2 is 2.31 bits per heavy atom. The fourth-order valence-electron chi connectivity index (χ4n) is 0.948. The van der Waals surface area contributed by atoms with Crippen LogP contribution in [0.2, 0.25) is 0 Å². The molecule has 0 radical (unpaired) electrons. The number of allylic oxidation sites excluding steroid dienone is 1. The van der Waals surface area contributed by atoms with Crippen LogP contribution in [0.25, 0.3) is 0 Å². The lowest BCUT2D eigenvalue weighted by Crippen LogP contribution is -1.99. The third-order valence-corrected chi connectivity index (χ3v) is 3.04. The summed E-state index contributed by atoms with van der Waals surface area (Å²) in [5.74, 6) is -0.802. The van der Waals surface area contributed by atoms with E-state index >= 15 is 0 Å². The van der Waals surface area contributed by atoms with Gasteiger partial charge in [-0.1, -0.05) is 22.5 Å². The molecule has 0 atom stereocenters. The van der Waals surface area contributed by atoms with E-state index < -0.39 is 24.7 Å². The van der Waals surface area contributed by atoms with Crippen LogP contribution in [-0.2, 0) is 15.6 Å². The minimum atomic E-state index is -4.19. The van der Waals surface area contributed by atoms with E-state index in [-0.39, 0.29) is 6.54 Å². The number of aromatic nitrogens is 2. The molecule has 88 valence electrons. The molecular weight excluding hydrogens is 326 g/mol. The molecule has 16 heavy (non-hydrogen) atoms. The number of hydrogen-bond acceptors (Lipinski definition) is 5. The molecule has 0 saturated carbocycles. The molecule has 0 unspecified atom stereocenters. The first-order valence-corrected chi connectivity index (χ1v) is 6.82. The lowest BCUT2D eigenvalue weighted by molar-refractivity contribution is -0.392. The number of hydrogen-bond donors (Lipinski definition) is 0. The zero-order valence-electron chi connectivity index (χ0n) is 7.63. The van der Waals surface area contributed by atoms with E-state index in [1.807, 2.05) is 0 Å². The first kappa shape index (κ1) is 13.1. The molecule has 0 aromatic carbocycles. The van der Waals surface area contributed by atoms with Crippen molar-refractivity contribution in [2.45, 2.75) is 11.4 Å². The highest BCUT2D eigenvalue weighted by molar-refractivity contribution is 9.11. The third-order valence-electron chi connectivity index (χ3n) is 1.48. The van der Waals surface area contributed by atoms with Gasteiger partial charge in [-0.05, 0) is 4.92 Å². The van der Waals surface area contributed by atoms with Crippen molar-refractivity contribution < 1.29 is 13.3 Å². The van der Waals surface area contributed by atoms with Crippen molar-refractivity contribution >= 4 is 41.5 Å². The standard InChI is InChI=1S/C6H5BrClN3O4S/c1-4(7)2-10-3-5(16(8,14)15)6(9-10)11(12)13/h3H,1-2H2. The summed E-state index contributed by atoms with van der Waals surface area (Å²) in [4.78, 5) is 8.99.